The number of carbonyl (C=O) groups excluding carboxylic acids is 1. The SMILES string of the molecule is Cc1ccc2c(c1C)OCC(N1CCC(=O)CC1)C2O. The molecule has 1 aromatic rings. The summed E-state index contributed by atoms with van der Waals surface area (Å²) in [6.07, 6.45) is 0.637. The van der Waals surface area contributed by atoms with Crippen molar-refractivity contribution in [1.82, 2.24) is 4.90 Å². The third-order valence-corrected chi connectivity index (χ3v) is 4.61. The number of Topliss-reactive ketones (excluding diaryl/α,β-unsaturated/α-hetero) is 1. The molecule has 1 fully saturated rings. The molecule has 108 valence electrons. The summed E-state index contributed by atoms with van der Waals surface area (Å²) < 4.78 is 5.91. The average Bonchev–Trinajstić information content (AvgIpc) is 2.45. The predicted octanol–water partition coefficient (Wildman–Crippen LogP) is 1.76. The molecule has 2 heterocycles. The van der Waals surface area contributed by atoms with Crippen molar-refractivity contribution < 1.29 is 14.6 Å². The van der Waals surface area contributed by atoms with Crippen molar-refractivity contribution in [2.75, 3.05) is 19.7 Å². The van der Waals surface area contributed by atoms with Gasteiger partial charge in [0.15, 0.2) is 0 Å². The molecular formula is C16H21NO3. The van der Waals surface area contributed by atoms with E-state index in [0.29, 0.717) is 25.2 Å². The van der Waals surface area contributed by atoms with Crippen LogP contribution < -0.4 is 4.74 Å². The molecule has 0 aliphatic carbocycles. The van der Waals surface area contributed by atoms with Crippen LogP contribution in [-0.4, -0.2) is 41.5 Å². The smallest absolute Gasteiger partial charge is 0.135 e. The number of ether oxygens (including phenoxy) is 1. The van der Waals surface area contributed by atoms with Crippen LogP contribution in [0.15, 0.2) is 12.1 Å². The van der Waals surface area contributed by atoms with Gasteiger partial charge in [0.25, 0.3) is 0 Å². The van der Waals surface area contributed by atoms with Crippen LogP contribution in [0.4, 0.5) is 0 Å². The number of carbonyl (C=O) groups is 1. The highest BCUT2D eigenvalue weighted by Gasteiger charge is 2.35. The Kier molecular flexibility index (Phi) is 3.52. The van der Waals surface area contributed by atoms with Gasteiger partial charge in [-0.1, -0.05) is 12.1 Å². The molecule has 0 bridgehead atoms. The maximum atomic E-state index is 11.3. The summed E-state index contributed by atoms with van der Waals surface area (Å²) in [5.74, 6) is 1.15. The second-order valence-corrected chi connectivity index (χ2v) is 5.82. The van der Waals surface area contributed by atoms with Gasteiger partial charge in [-0.2, -0.15) is 0 Å². The van der Waals surface area contributed by atoms with Crippen molar-refractivity contribution in [3.63, 3.8) is 0 Å². The number of aliphatic hydroxyl groups is 1. The Morgan fingerprint density at radius 3 is 2.65 bits per heavy atom. The molecule has 4 heteroatoms. The Morgan fingerprint density at radius 2 is 1.95 bits per heavy atom. The number of piperidine rings is 1. The van der Waals surface area contributed by atoms with Crippen molar-refractivity contribution in [3.8, 4) is 5.75 Å². The van der Waals surface area contributed by atoms with E-state index in [1.807, 2.05) is 26.0 Å². The molecule has 1 aromatic carbocycles. The van der Waals surface area contributed by atoms with Crippen molar-refractivity contribution >= 4 is 5.78 Å². The highest BCUT2D eigenvalue weighted by atomic mass is 16.5. The molecule has 2 atom stereocenters. The first-order valence-electron chi connectivity index (χ1n) is 7.24. The van der Waals surface area contributed by atoms with Crippen LogP contribution in [0.1, 0.15) is 35.6 Å². The molecule has 0 spiro atoms. The molecule has 0 saturated carbocycles. The zero-order valence-corrected chi connectivity index (χ0v) is 12.1. The van der Waals surface area contributed by atoms with Crippen LogP contribution in [0.25, 0.3) is 0 Å². The van der Waals surface area contributed by atoms with E-state index < -0.39 is 6.10 Å². The number of benzene rings is 1. The Balaban J connectivity index is 1.84. The quantitative estimate of drug-likeness (QED) is 0.848. The zero-order valence-electron chi connectivity index (χ0n) is 12.1. The summed E-state index contributed by atoms with van der Waals surface area (Å²) in [5, 5.41) is 10.6. The van der Waals surface area contributed by atoms with Crippen molar-refractivity contribution in [2.45, 2.75) is 38.8 Å². The Labute approximate surface area is 119 Å². The number of hydrogen-bond donors (Lipinski definition) is 1. The molecule has 2 aliphatic rings. The first kappa shape index (κ1) is 13.6. The molecule has 2 unspecified atom stereocenters. The number of ketones is 1. The van der Waals surface area contributed by atoms with Gasteiger partial charge in [-0.25, -0.2) is 0 Å². The van der Waals surface area contributed by atoms with Crippen molar-refractivity contribution in [1.29, 1.82) is 0 Å². The van der Waals surface area contributed by atoms with Gasteiger partial charge >= 0.3 is 0 Å². The Hall–Kier alpha value is -1.39. The van der Waals surface area contributed by atoms with Gasteiger partial charge in [-0.3, -0.25) is 9.69 Å². The molecule has 0 amide bonds. The van der Waals surface area contributed by atoms with Gasteiger partial charge in [-0.05, 0) is 25.0 Å². The van der Waals surface area contributed by atoms with E-state index in [0.717, 1.165) is 30.0 Å². The lowest BCUT2D eigenvalue weighted by Crippen LogP contribution is -2.49. The van der Waals surface area contributed by atoms with Crippen LogP contribution in [-0.2, 0) is 4.79 Å². The number of aryl methyl sites for hydroxylation is 1. The number of likely N-dealkylation sites (tertiary alicyclic amines) is 1. The molecule has 3 rings (SSSR count). The summed E-state index contributed by atoms with van der Waals surface area (Å²) >= 11 is 0. The van der Waals surface area contributed by atoms with Gasteiger partial charge in [0.05, 0.1) is 6.04 Å². The van der Waals surface area contributed by atoms with Gasteiger partial charge < -0.3 is 9.84 Å². The summed E-state index contributed by atoms with van der Waals surface area (Å²) in [7, 11) is 0. The topological polar surface area (TPSA) is 49.8 Å². The lowest BCUT2D eigenvalue weighted by molar-refractivity contribution is -0.123. The molecular weight excluding hydrogens is 254 g/mol. The number of nitrogens with zero attached hydrogens (tertiary/aromatic N) is 1. The van der Waals surface area contributed by atoms with E-state index in [4.69, 9.17) is 4.74 Å². The minimum absolute atomic E-state index is 0.0438. The molecule has 4 nitrogen and oxygen atoms in total. The standard InChI is InChI=1S/C16H21NO3/c1-10-3-4-13-15(19)14(9-20-16(13)11(10)2)17-7-5-12(18)6-8-17/h3-4,14-15,19H,5-9H2,1-2H3. The lowest BCUT2D eigenvalue weighted by Gasteiger charge is -2.40. The molecule has 0 aromatic heterocycles. The maximum absolute atomic E-state index is 11.3. The van der Waals surface area contributed by atoms with E-state index in [2.05, 4.69) is 4.90 Å². The fourth-order valence-electron chi connectivity index (χ4n) is 3.11. The lowest BCUT2D eigenvalue weighted by atomic mass is 9.93. The van der Waals surface area contributed by atoms with Gasteiger partial charge in [-0.15, -0.1) is 0 Å². The van der Waals surface area contributed by atoms with E-state index in [-0.39, 0.29) is 6.04 Å². The van der Waals surface area contributed by atoms with E-state index in [1.54, 1.807) is 0 Å². The van der Waals surface area contributed by atoms with Crippen molar-refractivity contribution in [3.05, 3.63) is 28.8 Å². The minimum Gasteiger partial charge on any atom is -0.491 e. The van der Waals surface area contributed by atoms with E-state index in [1.165, 1.54) is 5.56 Å². The largest absolute Gasteiger partial charge is 0.491 e. The molecule has 1 saturated heterocycles. The van der Waals surface area contributed by atoms with Gasteiger partial charge in [0.1, 0.15) is 24.2 Å². The van der Waals surface area contributed by atoms with Gasteiger partial charge in [0, 0.05) is 31.5 Å². The molecule has 2 aliphatic heterocycles. The van der Waals surface area contributed by atoms with Crippen LogP contribution in [0.3, 0.4) is 0 Å². The van der Waals surface area contributed by atoms with E-state index >= 15 is 0 Å². The van der Waals surface area contributed by atoms with Crippen LogP contribution in [0.2, 0.25) is 0 Å². The summed E-state index contributed by atoms with van der Waals surface area (Å²) in [6, 6.07) is 3.95. The van der Waals surface area contributed by atoms with Gasteiger partial charge in [0.2, 0.25) is 0 Å². The molecule has 0 radical (unpaired) electrons. The maximum Gasteiger partial charge on any atom is 0.135 e. The second kappa shape index (κ2) is 5.19. The van der Waals surface area contributed by atoms with Crippen LogP contribution >= 0.6 is 0 Å². The summed E-state index contributed by atoms with van der Waals surface area (Å²) in [6.45, 7) is 6.02. The number of rotatable bonds is 1. The third kappa shape index (κ3) is 2.23. The fraction of sp³-hybridized carbons (Fsp3) is 0.562. The second-order valence-electron chi connectivity index (χ2n) is 5.82. The highest BCUT2D eigenvalue weighted by Crippen LogP contribution is 2.38. The van der Waals surface area contributed by atoms with E-state index in [9.17, 15) is 9.90 Å². The zero-order chi connectivity index (χ0) is 14.3. The number of aliphatic hydroxyl groups excluding tert-OH is 1. The highest BCUT2D eigenvalue weighted by molar-refractivity contribution is 5.79. The molecule has 1 N–H and O–H groups in total. The van der Waals surface area contributed by atoms with Crippen LogP contribution in [0, 0.1) is 13.8 Å². The number of fused-ring (bicyclic) bond motifs is 1. The molecule has 20 heavy (non-hydrogen) atoms. The number of hydrogen-bond acceptors (Lipinski definition) is 4. The van der Waals surface area contributed by atoms with Crippen molar-refractivity contribution in [2.24, 2.45) is 0 Å². The fourth-order valence-corrected chi connectivity index (χ4v) is 3.11. The monoisotopic (exact) mass is 275 g/mol. The normalized spacial score (nSPS) is 27.1. The summed E-state index contributed by atoms with van der Waals surface area (Å²) in [4.78, 5) is 13.5. The van der Waals surface area contributed by atoms with Crippen LogP contribution in [0.5, 0.6) is 5.75 Å². The Bertz CT molecular complexity index is 531. The minimum atomic E-state index is -0.536. The first-order valence-corrected chi connectivity index (χ1v) is 7.24. The predicted molar refractivity (Wildman–Crippen MR) is 76.0 cm³/mol. The summed E-state index contributed by atoms with van der Waals surface area (Å²) in [5.41, 5.74) is 3.16. The first-order chi connectivity index (χ1) is 9.58. The third-order valence-electron chi connectivity index (χ3n) is 4.61. The average molecular weight is 275 g/mol. The Morgan fingerprint density at radius 1 is 1.25 bits per heavy atom.